The average Bonchev–Trinajstić information content (AvgIpc) is 2.93. The van der Waals surface area contributed by atoms with Gasteiger partial charge in [0.1, 0.15) is 11.6 Å². The maximum absolute atomic E-state index is 5.18. The zero-order valence-corrected chi connectivity index (χ0v) is 9.64. The van der Waals surface area contributed by atoms with Crippen LogP contribution in [0.15, 0.2) is 30.6 Å². The number of aryl methyl sites for hydroxylation is 1. The number of H-pyrrole nitrogens is 1. The molecule has 0 fully saturated rings. The Morgan fingerprint density at radius 1 is 1.35 bits per heavy atom. The van der Waals surface area contributed by atoms with E-state index in [-0.39, 0.29) is 0 Å². The van der Waals surface area contributed by atoms with Crippen LogP contribution in [0.5, 0.6) is 5.75 Å². The second-order valence-corrected chi connectivity index (χ2v) is 3.87. The molecule has 0 atom stereocenters. The molecule has 2 aromatic heterocycles. The van der Waals surface area contributed by atoms with Crippen molar-refractivity contribution < 1.29 is 4.74 Å². The van der Waals surface area contributed by atoms with Crippen molar-refractivity contribution in [3.05, 3.63) is 30.6 Å². The second kappa shape index (κ2) is 3.62. The molecule has 5 heteroatoms. The molecule has 0 unspecified atom stereocenters. The largest absolute Gasteiger partial charge is 0.497 e. The summed E-state index contributed by atoms with van der Waals surface area (Å²) in [6.07, 6.45) is 3.71. The summed E-state index contributed by atoms with van der Waals surface area (Å²) in [7, 11) is 3.54. The van der Waals surface area contributed by atoms with Crippen molar-refractivity contribution in [1.82, 2.24) is 19.7 Å². The van der Waals surface area contributed by atoms with E-state index in [1.807, 2.05) is 31.4 Å². The predicted molar refractivity (Wildman–Crippen MR) is 64.8 cm³/mol. The third kappa shape index (κ3) is 1.65. The number of nitrogens with one attached hydrogen (secondary N) is 1. The van der Waals surface area contributed by atoms with Gasteiger partial charge < -0.3 is 9.72 Å². The summed E-state index contributed by atoms with van der Waals surface area (Å²) in [6, 6.07) is 5.77. The Labute approximate surface area is 98.0 Å². The van der Waals surface area contributed by atoms with E-state index in [9.17, 15) is 0 Å². The number of methoxy groups -OCH3 is 1. The summed E-state index contributed by atoms with van der Waals surface area (Å²) in [6.45, 7) is 0. The number of hydrogen-bond acceptors (Lipinski definition) is 3. The molecule has 17 heavy (non-hydrogen) atoms. The molecule has 5 nitrogen and oxygen atoms in total. The lowest BCUT2D eigenvalue weighted by Crippen LogP contribution is -1.84. The molecule has 0 bridgehead atoms. The van der Waals surface area contributed by atoms with Gasteiger partial charge in [-0.25, -0.2) is 4.98 Å². The lowest BCUT2D eigenvalue weighted by atomic mass is 10.3. The molecule has 0 aliphatic carbocycles. The third-order valence-corrected chi connectivity index (χ3v) is 2.67. The van der Waals surface area contributed by atoms with Crippen LogP contribution < -0.4 is 4.74 Å². The van der Waals surface area contributed by atoms with Crippen molar-refractivity contribution in [2.45, 2.75) is 0 Å². The van der Waals surface area contributed by atoms with Gasteiger partial charge in [-0.15, -0.1) is 0 Å². The minimum absolute atomic E-state index is 0.818. The number of imidazole rings is 1. The highest BCUT2D eigenvalue weighted by molar-refractivity contribution is 5.80. The highest BCUT2D eigenvalue weighted by Crippen LogP contribution is 2.23. The van der Waals surface area contributed by atoms with Gasteiger partial charge in [0.15, 0.2) is 0 Å². The monoisotopic (exact) mass is 228 g/mol. The molecule has 0 amide bonds. The molecule has 0 radical (unpaired) electrons. The number of rotatable bonds is 2. The molecule has 0 saturated heterocycles. The molecular formula is C12H12N4O. The van der Waals surface area contributed by atoms with Gasteiger partial charge in [0.05, 0.1) is 29.9 Å². The Hall–Kier alpha value is -2.30. The zero-order chi connectivity index (χ0) is 11.8. The predicted octanol–water partition coefficient (Wildman–Crippen LogP) is 1.97. The number of fused-ring (bicyclic) bond motifs is 1. The van der Waals surface area contributed by atoms with Crippen molar-refractivity contribution in [1.29, 1.82) is 0 Å². The van der Waals surface area contributed by atoms with E-state index in [0.29, 0.717) is 0 Å². The standard InChI is InChI=1S/C12H12N4O/c1-16-7-8(6-13-16)12-14-10-4-3-9(17-2)5-11(10)15-12/h3-7H,1-2H3,(H,14,15). The fraction of sp³-hybridized carbons (Fsp3) is 0.167. The summed E-state index contributed by atoms with van der Waals surface area (Å²) >= 11 is 0. The summed E-state index contributed by atoms with van der Waals surface area (Å²) < 4.78 is 6.93. The molecule has 3 rings (SSSR count). The van der Waals surface area contributed by atoms with Crippen LogP contribution in [0.1, 0.15) is 0 Å². The Balaban J connectivity index is 2.13. The minimum Gasteiger partial charge on any atom is -0.497 e. The van der Waals surface area contributed by atoms with E-state index in [1.54, 1.807) is 18.0 Å². The number of aromatic amines is 1. The van der Waals surface area contributed by atoms with E-state index in [1.165, 1.54) is 0 Å². The summed E-state index contributed by atoms with van der Waals surface area (Å²) in [5.74, 6) is 1.64. The molecule has 86 valence electrons. The first kappa shape index (κ1) is 9.89. The van der Waals surface area contributed by atoms with Crippen LogP contribution in [-0.2, 0) is 7.05 Å². The molecule has 0 aliphatic heterocycles. The van der Waals surface area contributed by atoms with Gasteiger partial charge in [0.25, 0.3) is 0 Å². The van der Waals surface area contributed by atoms with Gasteiger partial charge in [0, 0.05) is 19.3 Å². The Morgan fingerprint density at radius 2 is 2.24 bits per heavy atom. The third-order valence-electron chi connectivity index (χ3n) is 2.67. The summed E-state index contributed by atoms with van der Waals surface area (Å²) in [4.78, 5) is 7.76. The van der Waals surface area contributed by atoms with E-state index in [0.717, 1.165) is 28.2 Å². The fourth-order valence-corrected chi connectivity index (χ4v) is 1.80. The topological polar surface area (TPSA) is 55.7 Å². The van der Waals surface area contributed by atoms with Crippen molar-refractivity contribution in [2.24, 2.45) is 7.05 Å². The molecule has 0 spiro atoms. The van der Waals surface area contributed by atoms with Crippen molar-refractivity contribution in [3.63, 3.8) is 0 Å². The van der Waals surface area contributed by atoms with Crippen LogP contribution in [0.2, 0.25) is 0 Å². The SMILES string of the molecule is COc1ccc2nc(-c3cnn(C)c3)[nH]c2c1. The fourth-order valence-electron chi connectivity index (χ4n) is 1.80. The first-order valence-electron chi connectivity index (χ1n) is 5.29. The lowest BCUT2D eigenvalue weighted by molar-refractivity contribution is 0.415. The van der Waals surface area contributed by atoms with Crippen LogP contribution in [0.4, 0.5) is 0 Å². The highest BCUT2D eigenvalue weighted by Gasteiger charge is 2.07. The van der Waals surface area contributed by atoms with Gasteiger partial charge in [0.2, 0.25) is 0 Å². The number of aromatic nitrogens is 4. The van der Waals surface area contributed by atoms with Gasteiger partial charge in [-0.1, -0.05) is 0 Å². The van der Waals surface area contributed by atoms with Crippen molar-refractivity contribution >= 4 is 11.0 Å². The van der Waals surface area contributed by atoms with Crippen LogP contribution in [-0.4, -0.2) is 26.9 Å². The molecule has 2 heterocycles. The molecule has 1 N–H and O–H groups in total. The number of nitrogens with zero attached hydrogens (tertiary/aromatic N) is 3. The molecule has 0 saturated carbocycles. The molecule has 1 aromatic carbocycles. The normalized spacial score (nSPS) is 10.9. The van der Waals surface area contributed by atoms with Crippen LogP contribution in [0.3, 0.4) is 0 Å². The first-order chi connectivity index (χ1) is 8.26. The first-order valence-corrected chi connectivity index (χ1v) is 5.29. The van der Waals surface area contributed by atoms with E-state index in [4.69, 9.17) is 4.74 Å². The quantitative estimate of drug-likeness (QED) is 0.729. The molecule has 0 aliphatic rings. The van der Waals surface area contributed by atoms with Crippen LogP contribution in [0, 0.1) is 0 Å². The highest BCUT2D eigenvalue weighted by atomic mass is 16.5. The number of hydrogen-bond donors (Lipinski definition) is 1. The van der Waals surface area contributed by atoms with E-state index in [2.05, 4.69) is 15.1 Å². The minimum atomic E-state index is 0.818. The smallest absolute Gasteiger partial charge is 0.141 e. The maximum atomic E-state index is 5.18. The van der Waals surface area contributed by atoms with Gasteiger partial charge in [-0.3, -0.25) is 4.68 Å². The van der Waals surface area contributed by atoms with Crippen LogP contribution in [0.25, 0.3) is 22.4 Å². The van der Waals surface area contributed by atoms with E-state index < -0.39 is 0 Å². The maximum Gasteiger partial charge on any atom is 0.141 e. The van der Waals surface area contributed by atoms with Gasteiger partial charge in [-0.2, -0.15) is 5.10 Å². The van der Waals surface area contributed by atoms with Gasteiger partial charge >= 0.3 is 0 Å². The van der Waals surface area contributed by atoms with Crippen molar-refractivity contribution in [3.8, 4) is 17.1 Å². The lowest BCUT2D eigenvalue weighted by Gasteiger charge is -1.96. The Bertz CT molecular complexity index is 668. The van der Waals surface area contributed by atoms with Crippen LogP contribution >= 0.6 is 0 Å². The van der Waals surface area contributed by atoms with E-state index >= 15 is 0 Å². The number of ether oxygens (including phenoxy) is 1. The summed E-state index contributed by atoms with van der Waals surface area (Å²) in [5, 5.41) is 4.13. The molecule has 3 aromatic rings. The average molecular weight is 228 g/mol. The summed E-state index contributed by atoms with van der Waals surface area (Å²) in [5.41, 5.74) is 2.86. The van der Waals surface area contributed by atoms with Gasteiger partial charge in [-0.05, 0) is 12.1 Å². The molecular weight excluding hydrogens is 216 g/mol. The van der Waals surface area contributed by atoms with Crippen molar-refractivity contribution in [2.75, 3.05) is 7.11 Å². The number of benzene rings is 1. The zero-order valence-electron chi connectivity index (χ0n) is 9.64. The second-order valence-electron chi connectivity index (χ2n) is 3.87. The Morgan fingerprint density at radius 3 is 2.94 bits per heavy atom. The Kier molecular flexibility index (Phi) is 2.11.